The first-order chi connectivity index (χ1) is 8.26. The molecule has 0 fully saturated rings. The Morgan fingerprint density at radius 3 is 2.78 bits per heavy atom. The van der Waals surface area contributed by atoms with Crippen LogP contribution in [0.1, 0.15) is 27.2 Å². The third-order valence-corrected chi connectivity index (χ3v) is 3.00. The minimum atomic E-state index is -0.514. The van der Waals surface area contributed by atoms with Gasteiger partial charge in [-0.25, -0.2) is 4.98 Å². The number of anilines is 1. The molecule has 0 aliphatic carbocycles. The highest BCUT2D eigenvalue weighted by atomic mass is 35.5. The van der Waals surface area contributed by atoms with E-state index in [4.69, 9.17) is 17.3 Å². The monoisotopic (exact) mass is 272 g/mol. The van der Waals surface area contributed by atoms with Gasteiger partial charge in [-0.2, -0.15) is 0 Å². The van der Waals surface area contributed by atoms with Crippen LogP contribution in [-0.4, -0.2) is 21.0 Å². The van der Waals surface area contributed by atoms with Gasteiger partial charge in [-0.3, -0.25) is 14.2 Å². The van der Waals surface area contributed by atoms with Gasteiger partial charge in [-0.15, -0.1) is 0 Å². The van der Waals surface area contributed by atoms with Crippen molar-refractivity contribution in [3.05, 3.63) is 21.8 Å². The number of hydrogen-bond acceptors (Lipinski definition) is 4. The quantitative estimate of drug-likeness (QED) is 0.793. The molecule has 100 valence electrons. The molecule has 0 unspecified atom stereocenters. The number of halogens is 1. The van der Waals surface area contributed by atoms with E-state index in [1.54, 1.807) is 0 Å². The number of carbonyl (C=O) groups is 1. The predicted molar refractivity (Wildman–Crippen MR) is 70.4 cm³/mol. The maximum absolute atomic E-state index is 11.8. The lowest BCUT2D eigenvalue weighted by Crippen LogP contribution is -2.45. The molecule has 0 saturated heterocycles. The van der Waals surface area contributed by atoms with E-state index in [0.29, 0.717) is 0 Å². The Kier molecular flexibility index (Phi) is 4.34. The summed E-state index contributed by atoms with van der Waals surface area (Å²) in [6, 6.07) is 0. The van der Waals surface area contributed by atoms with Gasteiger partial charge in [-0.05, 0) is 20.3 Å². The van der Waals surface area contributed by atoms with Crippen LogP contribution in [-0.2, 0) is 11.3 Å². The van der Waals surface area contributed by atoms with Crippen molar-refractivity contribution < 1.29 is 4.79 Å². The molecule has 18 heavy (non-hydrogen) atoms. The molecule has 1 heterocycles. The fraction of sp³-hybridized carbons (Fsp3) is 0.545. The first kappa shape index (κ1) is 14.5. The molecular weight excluding hydrogens is 256 g/mol. The second kappa shape index (κ2) is 5.39. The standard InChI is InChI=1S/C11H17ClN4O2/c1-4-11(2,3)15-7(17)5-16-6-14-9(12)8(13)10(16)18/h6H,4-5,13H2,1-3H3,(H,15,17). The number of nitrogens with zero attached hydrogens (tertiary/aromatic N) is 2. The van der Waals surface area contributed by atoms with E-state index in [1.165, 1.54) is 6.33 Å². The third kappa shape index (κ3) is 3.46. The lowest BCUT2D eigenvalue weighted by molar-refractivity contribution is -0.123. The Balaban J connectivity index is 2.84. The molecule has 7 heteroatoms. The smallest absolute Gasteiger partial charge is 0.278 e. The molecule has 1 aromatic heterocycles. The summed E-state index contributed by atoms with van der Waals surface area (Å²) >= 11 is 5.60. The maximum atomic E-state index is 11.8. The van der Waals surface area contributed by atoms with Crippen molar-refractivity contribution in [3.8, 4) is 0 Å². The van der Waals surface area contributed by atoms with Crippen molar-refractivity contribution in [1.29, 1.82) is 0 Å². The fourth-order valence-corrected chi connectivity index (χ4v) is 1.38. The van der Waals surface area contributed by atoms with Gasteiger partial charge in [0.15, 0.2) is 5.15 Å². The number of hydrogen-bond donors (Lipinski definition) is 2. The number of nitrogen functional groups attached to an aromatic ring is 1. The van der Waals surface area contributed by atoms with Crippen LogP contribution >= 0.6 is 11.6 Å². The molecule has 0 aliphatic heterocycles. The van der Waals surface area contributed by atoms with Crippen molar-refractivity contribution in [2.75, 3.05) is 5.73 Å². The zero-order valence-corrected chi connectivity index (χ0v) is 11.4. The molecule has 1 rings (SSSR count). The zero-order valence-electron chi connectivity index (χ0n) is 10.7. The van der Waals surface area contributed by atoms with Gasteiger partial charge in [0.1, 0.15) is 12.2 Å². The number of nitrogens with two attached hydrogens (primary N) is 1. The van der Waals surface area contributed by atoms with E-state index in [1.807, 2.05) is 20.8 Å². The maximum Gasteiger partial charge on any atom is 0.278 e. The van der Waals surface area contributed by atoms with Gasteiger partial charge in [-0.1, -0.05) is 18.5 Å². The number of aromatic nitrogens is 2. The molecule has 0 aliphatic rings. The van der Waals surface area contributed by atoms with Crippen LogP contribution < -0.4 is 16.6 Å². The molecule has 0 bridgehead atoms. The minimum Gasteiger partial charge on any atom is -0.392 e. The highest BCUT2D eigenvalue weighted by Crippen LogP contribution is 2.09. The summed E-state index contributed by atoms with van der Waals surface area (Å²) in [6.45, 7) is 5.65. The summed E-state index contributed by atoms with van der Waals surface area (Å²) in [4.78, 5) is 27.2. The second-order valence-electron chi connectivity index (χ2n) is 4.67. The molecule has 0 saturated carbocycles. The van der Waals surface area contributed by atoms with Crippen molar-refractivity contribution in [3.63, 3.8) is 0 Å². The summed E-state index contributed by atoms with van der Waals surface area (Å²) in [5.74, 6) is -0.271. The lowest BCUT2D eigenvalue weighted by atomic mass is 10.0. The minimum absolute atomic E-state index is 0.0504. The average molecular weight is 273 g/mol. The Labute approximate surface area is 110 Å². The lowest BCUT2D eigenvalue weighted by Gasteiger charge is -2.24. The Morgan fingerprint density at radius 2 is 2.22 bits per heavy atom. The largest absolute Gasteiger partial charge is 0.392 e. The molecule has 3 N–H and O–H groups in total. The van der Waals surface area contributed by atoms with E-state index in [-0.39, 0.29) is 28.8 Å². The molecule has 6 nitrogen and oxygen atoms in total. The third-order valence-electron chi connectivity index (χ3n) is 2.70. The van der Waals surface area contributed by atoms with E-state index in [9.17, 15) is 9.59 Å². The SMILES string of the molecule is CCC(C)(C)NC(=O)Cn1cnc(Cl)c(N)c1=O. The van der Waals surface area contributed by atoms with Crippen LogP contribution in [0.15, 0.2) is 11.1 Å². The Bertz CT molecular complexity index is 510. The van der Waals surface area contributed by atoms with Crippen molar-refractivity contribution in [2.24, 2.45) is 0 Å². The highest BCUT2D eigenvalue weighted by molar-refractivity contribution is 6.31. The van der Waals surface area contributed by atoms with Crippen molar-refractivity contribution in [1.82, 2.24) is 14.9 Å². The Morgan fingerprint density at radius 1 is 1.61 bits per heavy atom. The van der Waals surface area contributed by atoms with Gasteiger partial charge in [0.2, 0.25) is 5.91 Å². The van der Waals surface area contributed by atoms with E-state index in [0.717, 1.165) is 11.0 Å². The molecule has 0 aromatic carbocycles. The summed E-state index contributed by atoms with van der Waals surface area (Å²) in [5.41, 5.74) is 4.47. The molecule has 0 atom stereocenters. The zero-order chi connectivity index (χ0) is 13.9. The normalized spacial score (nSPS) is 11.3. The summed E-state index contributed by atoms with van der Waals surface area (Å²) in [5, 5.41) is 2.77. The number of carbonyl (C=O) groups excluding carboxylic acids is 1. The van der Waals surface area contributed by atoms with Gasteiger partial charge >= 0.3 is 0 Å². The molecule has 0 spiro atoms. The van der Waals surface area contributed by atoms with E-state index in [2.05, 4.69) is 10.3 Å². The first-order valence-electron chi connectivity index (χ1n) is 5.58. The van der Waals surface area contributed by atoms with Crippen molar-refractivity contribution >= 4 is 23.2 Å². The van der Waals surface area contributed by atoms with E-state index < -0.39 is 5.56 Å². The van der Waals surface area contributed by atoms with Crippen LogP contribution in [0.5, 0.6) is 0 Å². The van der Waals surface area contributed by atoms with E-state index >= 15 is 0 Å². The molecular formula is C11H17ClN4O2. The second-order valence-corrected chi connectivity index (χ2v) is 5.03. The van der Waals surface area contributed by atoms with Crippen molar-refractivity contribution in [2.45, 2.75) is 39.3 Å². The van der Waals surface area contributed by atoms with Crippen LogP contribution in [0.3, 0.4) is 0 Å². The summed E-state index contributed by atoms with van der Waals surface area (Å²) < 4.78 is 1.13. The van der Waals surface area contributed by atoms with Crippen LogP contribution in [0.25, 0.3) is 0 Å². The van der Waals surface area contributed by atoms with Gasteiger partial charge < -0.3 is 11.1 Å². The number of nitrogens with one attached hydrogen (secondary N) is 1. The van der Waals surface area contributed by atoms with Gasteiger partial charge in [0.25, 0.3) is 5.56 Å². The topological polar surface area (TPSA) is 90.0 Å². The summed E-state index contributed by atoms with van der Waals surface area (Å²) in [6.07, 6.45) is 1.99. The molecule has 1 amide bonds. The van der Waals surface area contributed by atoms with Crippen LogP contribution in [0, 0.1) is 0 Å². The summed E-state index contributed by atoms with van der Waals surface area (Å²) in [7, 11) is 0. The predicted octanol–water partition coefficient (Wildman–Crippen LogP) is 0.784. The number of rotatable bonds is 4. The Hall–Kier alpha value is -1.56. The molecule has 0 radical (unpaired) electrons. The fourth-order valence-electron chi connectivity index (χ4n) is 1.26. The molecule has 1 aromatic rings. The van der Waals surface area contributed by atoms with Gasteiger partial charge in [0, 0.05) is 5.54 Å². The van der Waals surface area contributed by atoms with Crippen LogP contribution in [0.4, 0.5) is 5.69 Å². The highest BCUT2D eigenvalue weighted by Gasteiger charge is 2.18. The van der Waals surface area contributed by atoms with Crippen LogP contribution in [0.2, 0.25) is 5.15 Å². The van der Waals surface area contributed by atoms with Gasteiger partial charge in [0.05, 0.1) is 6.33 Å². The average Bonchev–Trinajstić information content (AvgIpc) is 2.29. The number of amides is 1. The first-order valence-corrected chi connectivity index (χ1v) is 5.96.